The Balaban J connectivity index is 1.84. The van der Waals surface area contributed by atoms with E-state index in [4.69, 9.17) is 4.74 Å². The van der Waals surface area contributed by atoms with Gasteiger partial charge in [-0.1, -0.05) is 37.6 Å². The van der Waals surface area contributed by atoms with Crippen LogP contribution in [-0.4, -0.2) is 35.8 Å². The van der Waals surface area contributed by atoms with Crippen molar-refractivity contribution in [3.63, 3.8) is 0 Å². The van der Waals surface area contributed by atoms with E-state index < -0.39 is 6.09 Å². The Morgan fingerprint density at radius 3 is 2.23 bits per heavy atom. The average molecular weight is 414 g/mol. The lowest BCUT2D eigenvalue weighted by atomic mass is 10.1. The Hall–Kier alpha value is -3.22. The van der Waals surface area contributed by atoms with Crippen LogP contribution in [0.15, 0.2) is 48.5 Å². The van der Waals surface area contributed by atoms with Crippen molar-refractivity contribution in [1.82, 2.24) is 4.90 Å². The maximum Gasteiger partial charge on any atom is 0.410 e. The van der Waals surface area contributed by atoms with Crippen LogP contribution in [0.25, 0.3) is 0 Å². The van der Waals surface area contributed by atoms with E-state index in [9.17, 15) is 18.8 Å². The Labute approximate surface area is 176 Å². The molecule has 30 heavy (non-hydrogen) atoms. The summed E-state index contributed by atoms with van der Waals surface area (Å²) in [5, 5.41) is 2.77. The smallest absolute Gasteiger partial charge is 0.410 e. The highest BCUT2D eigenvalue weighted by atomic mass is 19.1. The minimum Gasteiger partial charge on any atom is -0.445 e. The van der Waals surface area contributed by atoms with E-state index in [-0.39, 0.29) is 37.1 Å². The number of amides is 2. The van der Waals surface area contributed by atoms with Crippen LogP contribution in [0.5, 0.6) is 0 Å². The van der Waals surface area contributed by atoms with Crippen molar-refractivity contribution in [1.29, 1.82) is 0 Å². The zero-order valence-corrected chi connectivity index (χ0v) is 17.3. The molecule has 1 N–H and O–H groups in total. The molecule has 160 valence electrons. The lowest BCUT2D eigenvalue weighted by molar-refractivity contribution is -0.118. The van der Waals surface area contributed by atoms with Gasteiger partial charge >= 0.3 is 6.09 Å². The highest BCUT2D eigenvalue weighted by Gasteiger charge is 2.16. The largest absolute Gasteiger partial charge is 0.445 e. The van der Waals surface area contributed by atoms with E-state index in [1.54, 1.807) is 36.4 Å². The molecule has 0 saturated heterocycles. The van der Waals surface area contributed by atoms with Crippen molar-refractivity contribution in [3.8, 4) is 0 Å². The molecule has 0 aliphatic heterocycles. The van der Waals surface area contributed by atoms with Crippen LogP contribution in [0.3, 0.4) is 0 Å². The third-order valence-corrected chi connectivity index (χ3v) is 4.33. The van der Waals surface area contributed by atoms with E-state index in [1.807, 2.05) is 6.92 Å². The average Bonchev–Trinajstić information content (AvgIpc) is 2.71. The molecule has 0 atom stereocenters. The molecule has 2 amide bonds. The second-order valence-electron chi connectivity index (χ2n) is 7.08. The van der Waals surface area contributed by atoms with Crippen molar-refractivity contribution in [3.05, 3.63) is 65.5 Å². The third kappa shape index (κ3) is 8.03. The van der Waals surface area contributed by atoms with Gasteiger partial charge in [0.05, 0.1) is 13.0 Å². The molecule has 0 saturated carbocycles. The zero-order chi connectivity index (χ0) is 21.9. The van der Waals surface area contributed by atoms with Gasteiger partial charge in [-0.05, 0) is 48.7 Å². The van der Waals surface area contributed by atoms with Gasteiger partial charge in [0.2, 0.25) is 5.91 Å². The van der Waals surface area contributed by atoms with E-state index in [0.717, 1.165) is 24.0 Å². The molecule has 6 nitrogen and oxygen atoms in total. The first-order valence-electron chi connectivity index (χ1n) is 9.91. The molecular weight excluding hydrogens is 387 g/mol. The van der Waals surface area contributed by atoms with Gasteiger partial charge in [0.15, 0.2) is 0 Å². The number of halogens is 1. The lowest BCUT2D eigenvalue weighted by Gasteiger charge is -2.20. The summed E-state index contributed by atoms with van der Waals surface area (Å²) < 4.78 is 18.2. The van der Waals surface area contributed by atoms with Gasteiger partial charge in [-0.3, -0.25) is 9.59 Å². The fourth-order valence-corrected chi connectivity index (χ4v) is 2.77. The van der Waals surface area contributed by atoms with Gasteiger partial charge < -0.3 is 15.0 Å². The first-order valence-corrected chi connectivity index (χ1v) is 9.91. The summed E-state index contributed by atoms with van der Waals surface area (Å²) in [5.41, 5.74) is 2.09. The Kier molecular flexibility index (Phi) is 9.00. The first-order chi connectivity index (χ1) is 14.4. The van der Waals surface area contributed by atoms with Crippen LogP contribution < -0.4 is 5.32 Å². The number of carbonyl (C=O) groups is 3. The summed E-state index contributed by atoms with van der Waals surface area (Å²) in [5.74, 6) is -0.648. The molecule has 0 unspecified atom stereocenters. The van der Waals surface area contributed by atoms with Crippen LogP contribution in [-0.2, 0) is 27.4 Å². The number of carbonyl (C=O) groups excluding carboxylic acids is 3. The summed E-state index contributed by atoms with van der Waals surface area (Å²) in [6.07, 6.45) is 1.34. The number of rotatable bonds is 10. The molecular formula is C23H27FN2O4. The van der Waals surface area contributed by atoms with E-state index in [1.165, 1.54) is 24.0 Å². The van der Waals surface area contributed by atoms with E-state index in [2.05, 4.69) is 5.32 Å². The van der Waals surface area contributed by atoms with E-state index >= 15 is 0 Å². The number of hydrogen-bond acceptors (Lipinski definition) is 4. The summed E-state index contributed by atoms with van der Waals surface area (Å²) >= 11 is 0. The molecule has 0 bridgehead atoms. The van der Waals surface area contributed by atoms with Crippen LogP contribution in [0.2, 0.25) is 0 Å². The fraction of sp³-hybridized carbons (Fsp3) is 0.348. The van der Waals surface area contributed by atoms with Gasteiger partial charge in [-0.15, -0.1) is 0 Å². The maximum atomic E-state index is 12.9. The van der Waals surface area contributed by atoms with Crippen LogP contribution >= 0.6 is 0 Å². The summed E-state index contributed by atoms with van der Waals surface area (Å²) in [6, 6.07) is 12.7. The zero-order valence-electron chi connectivity index (χ0n) is 17.3. The normalized spacial score (nSPS) is 10.4. The summed E-state index contributed by atoms with van der Waals surface area (Å²) in [6.45, 7) is 4.04. The quantitative estimate of drug-likeness (QED) is 0.628. The summed E-state index contributed by atoms with van der Waals surface area (Å²) in [7, 11) is 0. The third-order valence-electron chi connectivity index (χ3n) is 4.33. The van der Waals surface area contributed by atoms with Gasteiger partial charge in [-0.25, -0.2) is 9.18 Å². The van der Waals surface area contributed by atoms with Gasteiger partial charge in [0, 0.05) is 12.2 Å². The summed E-state index contributed by atoms with van der Waals surface area (Å²) in [4.78, 5) is 37.1. The van der Waals surface area contributed by atoms with Crippen molar-refractivity contribution in [2.24, 2.45) is 0 Å². The van der Waals surface area contributed by atoms with Crippen LogP contribution in [0.4, 0.5) is 14.9 Å². The first kappa shape index (κ1) is 23.1. The van der Waals surface area contributed by atoms with Crippen molar-refractivity contribution in [2.75, 3.05) is 18.4 Å². The predicted molar refractivity (Wildman–Crippen MR) is 113 cm³/mol. The lowest BCUT2D eigenvalue weighted by Crippen LogP contribution is -2.36. The molecule has 0 aliphatic rings. The molecule has 7 heteroatoms. The molecule has 0 aliphatic carbocycles. The molecule has 2 aromatic carbocycles. The molecule has 0 radical (unpaired) electrons. The Bertz CT molecular complexity index is 851. The van der Waals surface area contributed by atoms with Crippen molar-refractivity contribution in [2.45, 2.75) is 39.7 Å². The van der Waals surface area contributed by atoms with Crippen LogP contribution in [0.1, 0.15) is 37.8 Å². The maximum absolute atomic E-state index is 12.9. The number of ketones is 1. The predicted octanol–water partition coefficient (Wildman–Crippen LogP) is 4.33. The Morgan fingerprint density at radius 2 is 1.63 bits per heavy atom. The van der Waals surface area contributed by atoms with Gasteiger partial charge in [0.25, 0.3) is 0 Å². The Morgan fingerprint density at radius 1 is 1.00 bits per heavy atom. The number of nitrogens with zero attached hydrogens (tertiary/aromatic N) is 1. The molecule has 0 heterocycles. The van der Waals surface area contributed by atoms with Crippen LogP contribution in [0, 0.1) is 5.82 Å². The highest BCUT2D eigenvalue weighted by molar-refractivity contribution is 5.92. The number of unbranched alkanes of at least 4 members (excludes halogenated alkanes) is 1. The molecule has 0 aromatic heterocycles. The highest BCUT2D eigenvalue weighted by Crippen LogP contribution is 2.12. The molecule has 0 spiro atoms. The molecule has 2 rings (SSSR count). The minimum absolute atomic E-state index is 0.0395. The number of anilines is 1. The standard InChI is InChI=1S/C23H27FN2O4/c1-3-4-13-26(15-17(2)27)23(29)30-16-19-7-11-21(12-8-19)25-22(28)14-18-5-9-20(24)10-6-18/h5-12H,3-4,13-16H2,1-2H3,(H,25,28). The van der Waals surface area contributed by atoms with Gasteiger partial charge in [0.1, 0.15) is 18.2 Å². The number of Topliss-reactive ketones (excluding diaryl/α,β-unsaturated/α-hetero) is 1. The second-order valence-corrected chi connectivity index (χ2v) is 7.08. The number of hydrogen-bond donors (Lipinski definition) is 1. The van der Waals surface area contributed by atoms with E-state index in [0.29, 0.717) is 12.2 Å². The van der Waals surface area contributed by atoms with Crippen molar-refractivity contribution >= 4 is 23.5 Å². The van der Waals surface area contributed by atoms with Crippen molar-refractivity contribution < 1.29 is 23.5 Å². The molecule has 2 aromatic rings. The van der Waals surface area contributed by atoms with Gasteiger partial charge in [-0.2, -0.15) is 0 Å². The molecule has 0 fully saturated rings. The number of ether oxygens (including phenoxy) is 1. The number of nitrogens with one attached hydrogen (secondary N) is 1. The fourth-order valence-electron chi connectivity index (χ4n) is 2.77. The SMILES string of the molecule is CCCCN(CC(C)=O)C(=O)OCc1ccc(NC(=O)Cc2ccc(F)cc2)cc1. The number of benzene rings is 2. The monoisotopic (exact) mass is 414 g/mol. The topological polar surface area (TPSA) is 75.7 Å². The minimum atomic E-state index is -0.518. The second kappa shape index (κ2) is 11.7.